The predicted molar refractivity (Wildman–Crippen MR) is 139 cm³/mol. The minimum atomic E-state index is -0.954. The van der Waals surface area contributed by atoms with E-state index >= 15 is 0 Å². The van der Waals surface area contributed by atoms with E-state index in [0.29, 0.717) is 22.8 Å². The topological polar surface area (TPSA) is 130 Å². The number of halogens is 1. The molecule has 196 valence electrons. The highest BCUT2D eigenvalue weighted by Gasteiger charge is 2.54. The normalized spacial score (nSPS) is 28.4. The second kappa shape index (κ2) is 8.99. The number of aromatic nitrogens is 1. The van der Waals surface area contributed by atoms with Crippen molar-refractivity contribution in [3.63, 3.8) is 0 Å². The molecule has 0 bridgehead atoms. The van der Waals surface area contributed by atoms with Crippen LogP contribution < -0.4 is 15.8 Å². The van der Waals surface area contributed by atoms with Crippen LogP contribution in [0.1, 0.15) is 63.7 Å². The van der Waals surface area contributed by atoms with Gasteiger partial charge in [-0.3, -0.25) is 19.5 Å². The van der Waals surface area contributed by atoms with Gasteiger partial charge >= 0.3 is 0 Å². The Labute approximate surface area is 221 Å². The molecular weight excluding hydrogens is 494 g/mol. The van der Waals surface area contributed by atoms with Gasteiger partial charge in [-0.05, 0) is 57.7 Å². The largest absolute Gasteiger partial charge is 0.485 e. The smallest absolute Gasteiger partial charge is 0.232 e. The molecule has 0 spiro atoms. The molecule has 3 heterocycles. The minimum absolute atomic E-state index is 0.118. The highest BCUT2D eigenvalue weighted by Crippen LogP contribution is 2.52. The average molecular weight is 526 g/mol. The standard InChI is InChI=1S/C27H32ClN5O4/c1-26(2)11-20(34)33(25(29)32-26)22(14-9-15(28)13-30-12-14)17-10-18(17)24(36)31-21-16-7-5-6-8-19(16)37-27(3,4)23(21)35/h5-9,12-13,17-18,21-23,35H,10-11H2,1-4H3,(H2,29,32)(H,31,36)/t17?,18-,21-,22-,23+/m1/s1. The minimum Gasteiger partial charge on any atom is -0.485 e. The molecule has 5 atom stereocenters. The number of nitrogens with one attached hydrogen (secondary N) is 1. The van der Waals surface area contributed by atoms with Crippen LogP contribution in [0.3, 0.4) is 0 Å². The van der Waals surface area contributed by atoms with Crippen molar-refractivity contribution in [2.45, 2.75) is 69.9 Å². The Hall–Kier alpha value is -3.17. The van der Waals surface area contributed by atoms with Gasteiger partial charge < -0.3 is 20.9 Å². The number of pyridine rings is 1. The predicted octanol–water partition coefficient (Wildman–Crippen LogP) is 3.13. The van der Waals surface area contributed by atoms with E-state index in [1.54, 1.807) is 26.1 Å². The fourth-order valence-corrected chi connectivity index (χ4v) is 5.67. The van der Waals surface area contributed by atoms with Crippen molar-refractivity contribution in [2.24, 2.45) is 22.6 Å². The SMILES string of the molecule is CC1(C)CC(=O)N([C@H](c2cncc(Cl)c2)C2C[C@H]2C(=O)N[C@@H]2c3ccccc3OC(C)(C)[C@H]2O)C(N)=N1. The quantitative estimate of drug-likeness (QED) is 0.550. The van der Waals surface area contributed by atoms with Crippen LogP contribution in [0.25, 0.3) is 0 Å². The lowest BCUT2D eigenvalue weighted by Crippen LogP contribution is -2.54. The summed E-state index contributed by atoms with van der Waals surface area (Å²) in [4.78, 5) is 37.0. The molecule has 9 nitrogen and oxygen atoms in total. The van der Waals surface area contributed by atoms with Gasteiger partial charge in [0.1, 0.15) is 17.5 Å². The first-order chi connectivity index (χ1) is 17.4. The number of ether oxygens (including phenoxy) is 1. The van der Waals surface area contributed by atoms with Gasteiger partial charge in [0, 0.05) is 23.9 Å². The van der Waals surface area contributed by atoms with E-state index in [1.165, 1.54) is 11.1 Å². The van der Waals surface area contributed by atoms with Crippen molar-refractivity contribution in [1.82, 2.24) is 15.2 Å². The fourth-order valence-electron chi connectivity index (χ4n) is 5.49. The molecule has 2 aromatic rings. The van der Waals surface area contributed by atoms with E-state index in [0.717, 1.165) is 5.56 Å². The van der Waals surface area contributed by atoms with E-state index in [1.807, 2.05) is 38.1 Å². The molecule has 2 amide bonds. The molecule has 37 heavy (non-hydrogen) atoms. The molecule has 1 aromatic heterocycles. The second-order valence-electron chi connectivity index (χ2n) is 11.3. The van der Waals surface area contributed by atoms with Crippen LogP contribution in [0.4, 0.5) is 0 Å². The maximum Gasteiger partial charge on any atom is 0.232 e. The molecule has 0 saturated heterocycles. The zero-order chi connectivity index (χ0) is 26.7. The maximum absolute atomic E-state index is 13.5. The van der Waals surface area contributed by atoms with Gasteiger partial charge in [-0.15, -0.1) is 0 Å². The molecule has 3 aliphatic rings. The van der Waals surface area contributed by atoms with Gasteiger partial charge in [0.2, 0.25) is 11.8 Å². The Morgan fingerprint density at radius 2 is 2.00 bits per heavy atom. The van der Waals surface area contributed by atoms with E-state index in [4.69, 9.17) is 22.1 Å². The highest BCUT2D eigenvalue weighted by molar-refractivity contribution is 6.30. The first kappa shape index (κ1) is 25.5. The third-order valence-electron chi connectivity index (χ3n) is 7.40. The number of fused-ring (bicyclic) bond motifs is 1. The Morgan fingerprint density at radius 3 is 2.70 bits per heavy atom. The van der Waals surface area contributed by atoms with Gasteiger partial charge in [0.25, 0.3) is 0 Å². The third-order valence-corrected chi connectivity index (χ3v) is 7.60. The number of aliphatic hydroxyl groups excluding tert-OH is 1. The van der Waals surface area contributed by atoms with Crippen LogP contribution >= 0.6 is 11.6 Å². The van der Waals surface area contributed by atoms with Crippen LogP contribution in [0, 0.1) is 11.8 Å². The number of rotatable bonds is 5. The van der Waals surface area contributed by atoms with Gasteiger partial charge in [-0.2, -0.15) is 0 Å². The van der Waals surface area contributed by atoms with E-state index in [9.17, 15) is 14.7 Å². The molecule has 5 rings (SSSR count). The molecule has 4 N–H and O–H groups in total. The molecule has 0 radical (unpaired) electrons. The summed E-state index contributed by atoms with van der Waals surface area (Å²) in [5.41, 5.74) is 6.24. The summed E-state index contributed by atoms with van der Waals surface area (Å²) < 4.78 is 5.98. The summed E-state index contributed by atoms with van der Waals surface area (Å²) >= 11 is 6.24. The van der Waals surface area contributed by atoms with Crippen LogP contribution in [0.5, 0.6) is 5.75 Å². The second-order valence-corrected chi connectivity index (χ2v) is 11.7. The van der Waals surface area contributed by atoms with Crippen molar-refractivity contribution >= 4 is 29.4 Å². The van der Waals surface area contributed by atoms with Gasteiger partial charge in [0.05, 0.1) is 29.1 Å². The maximum atomic E-state index is 13.5. The Balaban J connectivity index is 1.43. The van der Waals surface area contributed by atoms with E-state index < -0.39 is 35.2 Å². The number of amides is 2. The number of guanidine groups is 1. The number of nitrogens with two attached hydrogens (primary N) is 1. The summed E-state index contributed by atoms with van der Waals surface area (Å²) in [6.45, 7) is 7.30. The Kier molecular flexibility index (Phi) is 6.19. The number of hydrogen-bond acceptors (Lipinski definition) is 7. The number of para-hydroxylation sites is 1. The lowest BCUT2D eigenvalue weighted by Gasteiger charge is -2.42. The number of aliphatic hydroxyl groups is 1. The van der Waals surface area contributed by atoms with Crippen LogP contribution in [0.15, 0.2) is 47.7 Å². The molecular formula is C27H32ClN5O4. The first-order valence-electron chi connectivity index (χ1n) is 12.4. The number of carbonyl (C=O) groups excluding carboxylic acids is 2. The molecule has 1 saturated carbocycles. The molecule has 1 fully saturated rings. The summed E-state index contributed by atoms with van der Waals surface area (Å²) in [6.07, 6.45) is 2.94. The Bertz CT molecular complexity index is 1280. The highest BCUT2D eigenvalue weighted by atomic mass is 35.5. The van der Waals surface area contributed by atoms with E-state index in [-0.39, 0.29) is 30.1 Å². The van der Waals surface area contributed by atoms with Crippen molar-refractivity contribution in [2.75, 3.05) is 0 Å². The van der Waals surface area contributed by atoms with Crippen molar-refractivity contribution in [3.05, 3.63) is 58.9 Å². The van der Waals surface area contributed by atoms with Gasteiger partial charge in [-0.1, -0.05) is 29.8 Å². The first-order valence-corrected chi connectivity index (χ1v) is 12.8. The zero-order valence-corrected chi connectivity index (χ0v) is 22.1. The fraction of sp³-hybridized carbons (Fsp3) is 0.481. The summed E-state index contributed by atoms with van der Waals surface area (Å²) in [5, 5.41) is 14.5. The molecule has 1 aromatic carbocycles. The van der Waals surface area contributed by atoms with Crippen LogP contribution in [-0.4, -0.2) is 50.0 Å². The lowest BCUT2D eigenvalue weighted by molar-refractivity contribution is -0.132. The van der Waals surface area contributed by atoms with Gasteiger partial charge in [0.15, 0.2) is 5.96 Å². The number of aliphatic imine (C=N–C) groups is 1. The van der Waals surface area contributed by atoms with E-state index in [2.05, 4.69) is 15.3 Å². The lowest BCUT2D eigenvalue weighted by atomic mass is 9.86. The molecule has 1 aliphatic carbocycles. The third kappa shape index (κ3) is 4.78. The Morgan fingerprint density at radius 1 is 1.27 bits per heavy atom. The molecule has 10 heteroatoms. The summed E-state index contributed by atoms with van der Waals surface area (Å²) in [5.74, 6) is -0.244. The monoisotopic (exact) mass is 525 g/mol. The number of nitrogens with zero attached hydrogens (tertiary/aromatic N) is 3. The van der Waals surface area contributed by atoms with Crippen LogP contribution in [0.2, 0.25) is 5.02 Å². The zero-order valence-electron chi connectivity index (χ0n) is 21.3. The van der Waals surface area contributed by atoms with Gasteiger partial charge in [-0.25, -0.2) is 4.99 Å². The number of hydrogen-bond donors (Lipinski definition) is 3. The van der Waals surface area contributed by atoms with Crippen molar-refractivity contribution in [1.29, 1.82) is 0 Å². The van der Waals surface area contributed by atoms with Crippen molar-refractivity contribution in [3.8, 4) is 5.75 Å². The average Bonchev–Trinajstić information content (AvgIpc) is 3.59. The molecule has 2 aliphatic heterocycles. The number of benzene rings is 1. The number of carbonyl (C=O) groups is 2. The van der Waals surface area contributed by atoms with Crippen LogP contribution in [-0.2, 0) is 9.59 Å². The summed E-state index contributed by atoms with van der Waals surface area (Å²) in [7, 11) is 0. The molecule has 1 unspecified atom stereocenters. The summed E-state index contributed by atoms with van der Waals surface area (Å²) in [6, 6.07) is 7.94. The van der Waals surface area contributed by atoms with Crippen molar-refractivity contribution < 1.29 is 19.4 Å².